The number of halogens is 1. The molecule has 2 heterocycles. The molecule has 0 spiro atoms. The van der Waals surface area contributed by atoms with Crippen LogP contribution in [0.3, 0.4) is 0 Å². The topological polar surface area (TPSA) is 42.4 Å². The minimum atomic E-state index is -0.485. The number of pyridine rings is 1. The van der Waals surface area contributed by atoms with Crippen LogP contribution in [0.4, 0.5) is 10.6 Å². The van der Waals surface area contributed by atoms with Crippen LogP contribution in [0, 0.1) is 3.57 Å². The van der Waals surface area contributed by atoms with Crippen molar-refractivity contribution in [1.29, 1.82) is 0 Å². The van der Waals surface area contributed by atoms with Crippen LogP contribution in [-0.4, -0.2) is 22.7 Å². The van der Waals surface area contributed by atoms with Crippen LogP contribution in [0.2, 0.25) is 0 Å². The summed E-state index contributed by atoms with van der Waals surface area (Å²) in [6.07, 6.45) is 2.25. The lowest BCUT2D eigenvalue weighted by atomic mass is 10.2. The summed E-state index contributed by atoms with van der Waals surface area (Å²) in [5.74, 6) is 0.739. The highest BCUT2D eigenvalue weighted by Gasteiger charge is 2.36. The van der Waals surface area contributed by atoms with E-state index < -0.39 is 5.60 Å². The number of hydrogen-bond acceptors (Lipinski definition) is 3. The quantitative estimate of drug-likeness (QED) is 0.667. The molecule has 1 aromatic heterocycles. The first-order valence-corrected chi connectivity index (χ1v) is 7.03. The Morgan fingerprint density at radius 2 is 2.22 bits per heavy atom. The molecular weight excluding hydrogens is 343 g/mol. The predicted octanol–water partition coefficient (Wildman–Crippen LogP) is 3.37. The summed E-state index contributed by atoms with van der Waals surface area (Å²) < 4.78 is 6.58. The summed E-state index contributed by atoms with van der Waals surface area (Å²) in [4.78, 5) is 18.2. The molecule has 0 radical (unpaired) electrons. The van der Waals surface area contributed by atoms with Crippen molar-refractivity contribution in [2.45, 2.75) is 45.8 Å². The molecule has 1 unspecified atom stereocenters. The number of rotatable bonds is 0. The van der Waals surface area contributed by atoms with E-state index in [0.717, 1.165) is 21.4 Å². The van der Waals surface area contributed by atoms with E-state index in [0.29, 0.717) is 0 Å². The fourth-order valence-electron chi connectivity index (χ4n) is 2.03. The summed E-state index contributed by atoms with van der Waals surface area (Å²) in [6.45, 7) is 7.62. The Kier molecular flexibility index (Phi) is 3.53. The third-order valence-corrected chi connectivity index (χ3v) is 3.75. The Hall–Kier alpha value is -0.850. The van der Waals surface area contributed by atoms with Crippen LogP contribution < -0.4 is 4.90 Å². The molecule has 4 nitrogen and oxygen atoms in total. The van der Waals surface area contributed by atoms with E-state index in [4.69, 9.17) is 4.74 Å². The molecule has 1 aliphatic rings. The first-order valence-electron chi connectivity index (χ1n) is 5.95. The molecule has 1 aromatic rings. The van der Waals surface area contributed by atoms with E-state index in [9.17, 15) is 4.79 Å². The number of amides is 1. The van der Waals surface area contributed by atoms with Crippen molar-refractivity contribution in [1.82, 2.24) is 4.98 Å². The second-order valence-electron chi connectivity index (χ2n) is 5.50. The minimum Gasteiger partial charge on any atom is -0.443 e. The van der Waals surface area contributed by atoms with E-state index in [2.05, 4.69) is 27.6 Å². The SMILES string of the molecule is CC1Cc2c(I)ccnc2N1C(=O)OC(C)(C)C. The summed E-state index contributed by atoms with van der Waals surface area (Å²) in [7, 11) is 0. The number of nitrogens with zero attached hydrogens (tertiary/aromatic N) is 2. The van der Waals surface area contributed by atoms with E-state index in [-0.39, 0.29) is 12.1 Å². The summed E-state index contributed by atoms with van der Waals surface area (Å²) in [5, 5.41) is 0. The second kappa shape index (κ2) is 4.68. The van der Waals surface area contributed by atoms with Gasteiger partial charge in [0.15, 0.2) is 0 Å². The van der Waals surface area contributed by atoms with Crippen molar-refractivity contribution in [3.8, 4) is 0 Å². The lowest BCUT2D eigenvalue weighted by molar-refractivity contribution is 0.0571. The van der Waals surface area contributed by atoms with Crippen LogP contribution in [-0.2, 0) is 11.2 Å². The van der Waals surface area contributed by atoms with Gasteiger partial charge in [-0.15, -0.1) is 0 Å². The van der Waals surface area contributed by atoms with Gasteiger partial charge in [0.1, 0.15) is 11.4 Å². The number of carbonyl (C=O) groups excluding carboxylic acids is 1. The van der Waals surface area contributed by atoms with Crippen LogP contribution in [0.25, 0.3) is 0 Å². The lowest BCUT2D eigenvalue weighted by Gasteiger charge is -2.26. The molecule has 5 heteroatoms. The standard InChI is InChI=1S/C13H17IN2O2/c1-8-7-9-10(14)5-6-15-11(9)16(8)12(17)18-13(2,3)4/h5-6,8H,7H2,1-4H3. The van der Waals surface area contributed by atoms with Gasteiger partial charge >= 0.3 is 6.09 Å². The zero-order valence-electron chi connectivity index (χ0n) is 11.0. The van der Waals surface area contributed by atoms with Crippen molar-refractivity contribution in [3.05, 3.63) is 21.4 Å². The Balaban J connectivity index is 2.31. The van der Waals surface area contributed by atoms with Gasteiger partial charge in [0.25, 0.3) is 0 Å². The Bertz CT molecular complexity index is 482. The lowest BCUT2D eigenvalue weighted by Crippen LogP contribution is -2.40. The number of carbonyl (C=O) groups is 1. The van der Waals surface area contributed by atoms with Gasteiger partial charge in [-0.25, -0.2) is 9.78 Å². The summed E-state index contributed by atoms with van der Waals surface area (Å²) >= 11 is 2.28. The van der Waals surface area contributed by atoms with Crippen LogP contribution in [0.1, 0.15) is 33.3 Å². The van der Waals surface area contributed by atoms with Gasteiger partial charge in [0, 0.05) is 21.4 Å². The molecule has 0 bridgehead atoms. The van der Waals surface area contributed by atoms with Crippen molar-refractivity contribution < 1.29 is 9.53 Å². The first kappa shape index (κ1) is 13.6. The van der Waals surface area contributed by atoms with Crippen molar-refractivity contribution in [2.24, 2.45) is 0 Å². The van der Waals surface area contributed by atoms with E-state index in [1.807, 2.05) is 33.8 Å². The van der Waals surface area contributed by atoms with Crippen molar-refractivity contribution in [3.63, 3.8) is 0 Å². The van der Waals surface area contributed by atoms with Gasteiger partial charge in [0.2, 0.25) is 0 Å². The van der Waals surface area contributed by atoms with Crippen LogP contribution in [0.5, 0.6) is 0 Å². The van der Waals surface area contributed by atoms with Crippen LogP contribution in [0.15, 0.2) is 12.3 Å². The average molecular weight is 360 g/mol. The molecule has 0 saturated heterocycles. The van der Waals surface area contributed by atoms with Gasteiger partial charge in [0.05, 0.1) is 0 Å². The summed E-state index contributed by atoms with van der Waals surface area (Å²) in [5.41, 5.74) is 0.651. The zero-order valence-corrected chi connectivity index (χ0v) is 13.2. The Labute approximate surface area is 121 Å². The molecular formula is C13H17IN2O2. The predicted molar refractivity (Wildman–Crippen MR) is 78.8 cm³/mol. The molecule has 0 aliphatic carbocycles. The van der Waals surface area contributed by atoms with Gasteiger partial charge in [-0.05, 0) is 62.8 Å². The number of fused-ring (bicyclic) bond motifs is 1. The molecule has 1 atom stereocenters. The molecule has 98 valence electrons. The van der Waals surface area contributed by atoms with Crippen LogP contribution >= 0.6 is 22.6 Å². The number of aromatic nitrogens is 1. The van der Waals surface area contributed by atoms with Gasteiger partial charge in [-0.3, -0.25) is 4.90 Å². The number of anilines is 1. The molecule has 0 saturated carbocycles. The van der Waals surface area contributed by atoms with Crippen molar-refractivity contribution in [2.75, 3.05) is 4.90 Å². The fraction of sp³-hybridized carbons (Fsp3) is 0.538. The monoisotopic (exact) mass is 360 g/mol. The molecule has 1 aliphatic heterocycles. The largest absolute Gasteiger partial charge is 0.443 e. The van der Waals surface area contributed by atoms with Gasteiger partial charge in [-0.2, -0.15) is 0 Å². The maximum atomic E-state index is 12.2. The summed E-state index contributed by atoms with van der Waals surface area (Å²) in [6, 6.07) is 2.06. The fourth-order valence-corrected chi connectivity index (χ4v) is 2.65. The molecule has 1 amide bonds. The molecule has 0 fully saturated rings. The second-order valence-corrected chi connectivity index (χ2v) is 6.66. The maximum Gasteiger partial charge on any atom is 0.416 e. The number of hydrogen-bond donors (Lipinski definition) is 0. The average Bonchev–Trinajstić information content (AvgIpc) is 2.53. The molecule has 0 N–H and O–H groups in total. The number of ether oxygens (including phenoxy) is 1. The van der Waals surface area contributed by atoms with E-state index in [1.165, 1.54) is 0 Å². The highest BCUT2D eigenvalue weighted by atomic mass is 127. The third kappa shape index (κ3) is 2.60. The molecule has 18 heavy (non-hydrogen) atoms. The van der Waals surface area contributed by atoms with Gasteiger partial charge in [-0.1, -0.05) is 0 Å². The highest BCUT2D eigenvalue weighted by molar-refractivity contribution is 14.1. The molecule has 2 rings (SSSR count). The third-order valence-electron chi connectivity index (χ3n) is 2.73. The Morgan fingerprint density at radius 3 is 2.83 bits per heavy atom. The van der Waals surface area contributed by atoms with E-state index >= 15 is 0 Å². The normalized spacial score (nSPS) is 18.7. The first-order chi connectivity index (χ1) is 8.29. The zero-order chi connectivity index (χ0) is 13.5. The highest BCUT2D eigenvalue weighted by Crippen LogP contribution is 2.34. The minimum absolute atomic E-state index is 0.0956. The molecule has 0 aromatic carbocycles. The van der Waals surface area contributed by atoms with E-state index in [1.54, 1.807) is 11.1 Å². The maximum absolute atomic E-state index is 12.2. The smallest absolute Gasteiger partial charge is 0.416 e. The van der Waals surface area contributed by atoms with Crippen molar-refractivity contribution >= 4 is 34.5 Å². The Morgan fingerprint density at radius 1 is 1.56 bits per heavy atom. The van der Waals surface area contributed by atoms with Gasteiger partial charge < -0.3 is 4.74 Å².